The van der Waals surface area contributed by atoms with Crippen LogP contribution >= 0.6 is 0 Å². The van der Waals surface area contributed by atoms with Crippen molar-refractivity contribution in [3.63, 3.8) is 0 Å². The molecule has 1 aromatic heterocycles. The number of pyridine rings is 1. The number of anilines is 2. The highest BCUT2D eigenvalue weighted by molar-refractivity contribution is 6.12. The molecule has 3 aromatic rings. The molecule has 4 rings (SSSR count). The second-order valence-corrected chi connectivity index (χ2v) is 7.47. The molecule has 1 amide bonds. The number of fused-ring (bicyclic) bond motifs is 1. The van der Waals surface area contributed by atoms with E-state index in [4.69, 9.17) is 0 Å². The Morgan fingerprint density at radius 1 is 1.07 bits per heavy atom. The molecule has 29 heavy (non-hydrogen) atoms. The van der Waals surface area contributed by atoms with E-state index in [0.29, 0.717) is 11.1 Å². The van der Waals surface area contributed by atoms with E-state index in [1.165, 1.54) is 11.8 Å². The van der Waals surface area contributed by atoms with Crippen LogP contribution in [0, 0.1) is 6.92 Å². The molecule has 0 radical (unpaired) electrons. The molecule has 1 aliphatic heterocycles. The Hall–Kier alpha value is -3.12. The third-order valence-electron chi connectivity index (χ3n) is 5.64. The summed E-state index contributed by atoms with van der Waals surface area (Å²) in [6.07, 6.45) is 0. The number of aromatic nitrogens is 1. The van der Waals surface area contributed by atoms with Gasteiger partial charge in [0, 0.05) is 54.5 Å². The van der Waals surface area contributed by atoms with Crippen molar-refractivity contribution < 1.29 is 4.79 Å². The number of amides is 1. The minimum atomic E-state index is -0.285. The van der Waals surface area contributed by atoms with Crippen LogP contribution in [0.5, 0.6) is 0 Å². The van der Waals surface area contributed by atoms with Crippen LogP contribution in [0.2, 0.25) is 0 Å². The number of aromatic amines is 1. The number of hydrogen-bond donors (Lipinski definition) is 2. The molecule has 0 spiro atoms. The van der Waals surface area contributed by atoms with E-state index in [9.17, 15) is 9.59 Å². The Morgan fingerprint density at radius 3 is 2.55 bits per heavy atom. The summed E-state index contributed by atoms with van der Waals surface area (Å²) in [5.41, 5.74) is 3.69. The minimum absolute atomic E-state index is 0.278. The predicted molar refractivity (Wildman–Crippen MR) is 118 cm³/mol. The summed E-state index contributed by atoms with van der Waals surface area (Å²) in [6.45, 7) is 9.45. The monoisotopic (exact) mass is 390 g/mol. The number of hydrogen-bond acceptors (Lipinski definition) is 4. The number of para-hydroxylation sites is 1. The van der Waals surface area contributed by atoms with Gasteiger partial charge in [0.2, 0.25) is 5.56 Å². The molecule has 2 heterocycles. The van der Waals surface area contributed by atoms with E-state index in [2.05, 4.69) is 39.2 Å². The van der Waals surface area contributed by atoms with Gasteiger partial charge in [-0.3, -0.25) is 9.59 Å². The fourth-order valence-electron chi connectivity index (χ4n) is 3.89. The lowest BCUT2D eigenvalue weighted by Gasteiger charge is -2.35. The van der Waals surface area contributed by atoms with Gasteiger partial charge >= 0.3 is 0 Å². The molecule has 1 fully saturated rings. The largest absolute Gasteiger partial charge is 0.369 e. The summed E-state index contributed by atoms with van der Waals surface area (Å²) in [4.78, 5) is 32.5. The topological polar surface area (TPSA) is 68.4 Å². The maximum absolute atomic E-state index is 12.9. The average molecular weight is 390 g/mol. The fraction of sp³-hybridized carbons (Fsp3) is 0.304. The number of rotatable bonds is 4. The quantitative estimate of drug-likeness (QED) is 0.718. The lowest BCUT2D eigenvalue weighted by Crippen LogP contribution is -2.46. The van der Waals surface area contributed by atoms with Crippen LogP contribution < -0.4 is 15.8 Å². The highest BCUT2D eigenvalue weighted by Gasteiger charge is 2.17. The van der Waals surface area contributed by atoms with Gasteiger partial charge < -0.3 is 20.1 Å². The number of nitrogens with zero attached hydrogens (tertiary/aromatic N) is 2. The first kappa shape index (κ1) is 19.2. The van der Waals surface area contributed by atoms with E-state index in [0.717, 1.165) is 49.4 Å². The number of carbonyl (C=O) groups is 1. The summed E-state index contributed by atoms with van der Waals surface area (Å²) in [6, 6.07) is 14.8. The molecule has 2 aromatic carbocycles. The summed E-state index contributed by atoms with van der Waals surface area (Å²) < 4.78 is 0. The van der Waals surface area contributed by atoms with Gasteiger partial charge in [-0.05, 0) is 43.3 Å². The van der Waals surface area contributed by atoms with Crippen molar-refractivity contribution in [2.24, 2.45) is 0 Å². The Bertz CT molecular complexity index is 1100. The maximum Gasteiger partial charge on any atom is 0.256 e. The van der Waals surface area contributed by atoms with Crippen LogP contribution in [-0.2, 0) is 0 Å². The fourth-order valence-corrected chi connectivity index (χ4v) is 3.89. The van der Waals surface area contributed by atoms with Crippen LogP contribution in [0.4, 0.5) is 11.4 Å². The number of benzene rings is 2. The third kappa shape index (κ3) is 4.03. The van der Waals surface area contributed by atoms with Crippen molar-refractivity contribution in [1.82, 2.24) is 9.88 Å². The Kier molecular flexibility index (Phi) is 5.36. The highest BCUT2D eigenvalue weighted by atomic mass is 16.2. The molecule has 0 saturated carbocycles. The third-order valence-corrected chi connectivity index (χ3v) is 5.64. The molecular formula is C23H26N4O2. The minimum Gasteiger partial charge on any atom is -0.369 e. The molecule has 6 nitrogen and oxygen atoms in total. The number of nitrogens with one attached hydrogen (secondary N) is 2. The van der Waals surface area contributed by atoms with Gasteiger partial charge in [0.25, 0.3) is 5.91 Å². The second-order valence-electron chi connectivity index (χ2n) is 7.47. The first-order chi connectivity index (χ1) is 14.0. The van der Waals surface area contributed by atoms with Crippen LogP contribution in [0.15, 0.2) is 53.3 Å². The van der Waals surface area contributed by atoms with Crippen LogP contribution in [-0.4, -0.2) is 48.5 Å². The van der Waals surface area contributed by atoms with Crippen molar-refractivity contribution in [3.05, 3.63) is 70.0 Å². The number of piperazine rings is 1. The van der Waals surface area contributed by atoms with Gasteiger partial charge in [0.05, 0.1) is 5.56 Å². The summed E-state index contributed by atoms with van der Waals surface area (Å²) in [7, 11) is 0. The van der Waals surface area contributed by atoms with Crippen molar-refractivity contribution in [2.45, 2.75) is 13.8 Å². The van der Waals surface area contributed by atoms with Gasteiger partial charge in [-0.25, -0.2) is 0 Å². The maximum atomic E-state index is 12.9. The zero-order valence-electron chi connectivity index (χ0n) is 16.9. The van der Waals surface area contributed by atoms with Crippen molar-refractivity contribution >= 4 is 28.2 Å². The Morgan fingerprint density at radius 2 is 1.83 bits per heavy atom. The van der Waals surface area contributed by atoms with Crippen molar-refractivity contribution in [3.8, 4) is 0 Å². The van der Waals surface area contributed by atoms with Gasteiger partial charge in [-0.2, -0.15) is 0 Å². The van der Waals surface area contributed by atoms with Gasteiger partial charge in [0.15, 0.2) is 0 Å². The van der Waals surface area contributed by atoms with E-state index in [1.54, 1.807) is 6.07 Å². The normalized spacial score (nSPS) is 14.9. The van der Waals surface area contributed by atoms with Crippen molar-refractivity contribution in [1.29, 1.82) is 0 Å². The zero-order valence-corrected chi connectivity index (χ0v) is 16.9. The smallest absolute Gasteiger partial charge is 0.256 e. The number of likely N-dealkylation sites (N-methyl/N-ethyl adjacent to an activating group) is 1. The van der Waals surface area contributed by atoms with Gasteiger partial charge in [0.1, 0.15) is 0 Å². The molecule has 0 bridgehead atoms. The second kappa shape index (κ2) is 8.09. The molecule has 1 aliphatic rings. The molecule has 0 unspecified atom stereocenters. The van der Waals surface area contributed by atoms with E-state index in [-0.39, 0.29) is 11.5 Å². The molecule has 2 N–H and O–H groups in total. The summed E-state index contributed by atoms with van der Waals surface area (Å²) >= 11 is 0. The highest BCUT2D eigenvalue weighted by Crippen LogP contribution is 2.25. The molecule has 1 saturated heterocycles. The standard InChI is InChI=1S/C23H26N4O2/c1-3-26-10-12-27(13-11-26)17-8-9-20(16(2)14-17)25-23(29)19-15-22(28)24-21-7-5-4-6-18(19)21/h4-9,14-15H,3,10-13H2,1-2H3,(H,24,28)(H,25,29). The van der Waals surface area contributed by atoms with Crippen LogP contribution in [0.3, 0.4) is 0 Å². The first-order valence-corrected chi connectivity index (χ1v) is 10.1. The molecule has 0 atom stereocenters. The average Bonchev–Trinajstić information content (AvgIpc) is 2.74. The molecular weight excluding hydrogens is 364 g/mol. The van der Waals surface area contributed by atoms with E-state index < -0.39 is 0 Å². The summed E-state index contributed by atoms with van der Waals surface area (Å²) in [5.74, 6) is -0.278. The lowest BCUT2D eigenvalue weighted by molar-refractivity contribution is 0.102. The molecule has 6 heteroatoms. The summed E-state index contributed by atoms with van der Waals surface area (Å²) in [5, 5.41) is 3.70. The number of carbonyl (C=O) groups excluding carboxylic acids is 1. The Labute approximate surface area is 170 Å². The van der Waals surface area contributed by atoms with E-state index >= 15 is 0 Å². The zero-order chi connectivity index (χ0) is 20.4. The van der Waals surface area contributed by atoms with Crippen LogP contribution in [0.25, 0.3) is 10.9 Å². The SMILES string of the molecule is CCN1CCN(c2ccc(NC(=O)c3cc(=O)[nH]c4ccccc34)c(C)c2)CC1. The van der Waals surface area contributed by atoms with E-state index in [1.807, 2.05) is 31.2 Å². The predicted octanol–water partition coefficient (Wildman–Crippen LogP) is 3.23. The molecule has 0 aliphatic carbocycles. The number of H-pyrrole nitrogens is 1. The van der Waals surface area contributed by atoms with Crippen molar-refractivity contribution in [2.75, 3.05) is 42.9 Å². The lowest BCUT2D eigenvalue weighted by atomic mass is 10.1. The first-order valence-electron chi connectivity index (χ1n) is 10.1. The Balaban J connectivity index is 1.55. The number of aryl methyl sites for hydroxylation is 1. The van der Waals surface area contributed by atoms with Gasteiger partial charge in [-0.1, -0.05) is 25.1 Å². The van der Waals surface area contributed by atoms with Gasteiger partial charge in [-0.15, -0.1) is 0 Å². The molecule has 150 valence electrons. The van der Waals surface area contributed by atoms with Crippen LogP contribution in [0.1, 0.15) is 22.8 Å².